The van der Waals surface area contributed by atoms with Crippen molar-refractivity contribution in [3.63, 3.8) is 0 Å². The fourth-order valence-corrected chi connectivity index (χ4v) is 1.68. The Morgan fingerprint density at radius 1 is 1.46 bits per heavy atom. The first-order valence-corrected chi connectivity index (χ1v) is 4.71. The topological polar surface area (TPSA) is 46.0 Å². The summed E-state index contributed by atoms with van der Waals surface area (Å²) in [6, 6.07) is 3.87. The number of aryl methyl sites for hydroxylation is 1. The first-order chi connectivity index (χ1) is 6.25. The summed E-state index contributed by atoms with van der Waals surface area (Å²) in [5.41, 5.74) is 1.95. The molecule has 0 saturated heterocycles. The Labute approximate surface area is 79.7 Å². The van der Waals surface area contributed by atoms with Gasteiger partial charge in [-0.3, -0.25) is 4.98 Å². The maximum atomic E-state index is 9.06. The van der Waals surface area contributed by atoms with Gasteiger partial charge in [-0.05, 0) is 24.6 Å². The SMILES string of the molecule is Cc1ccnc(-c2nc(O)cs2)c1. The number of nitrogens with zero attached hydrogens (tertiary/aromatic N) is 2. The van der Waals surface area contributed by atoms with E-state index in [-0.39, 0.29) is 5.88 Å². The summed E-state index contributed by atoms with van der Waals surface area (Å²) in [4.78, 5) is 8.09. The number of hydrogen-bond acceptors (Lipinski definition) is 4. The fraction of sp³-hybridized carbons (Fsp3) is 0.111. The van der Waals surface area contributed by atoms with Crippen molar-refractivity contribution < 1.29 is 5.11 Å². The van der Waals surface area contributed by atoms with Crippen molar-refractivity contribution in [1.29, 1.82) is 0 Å². The number of thiazole rings is 1. The Morgan fingerprint density at radius 2 is 2.31 bits per heavy atom. The van der Waals surface area contributed by atoms with Crippen LogP contribution in [0.4, 0.5) is 0 Å². The average Bonchev–Trinajstić information content (AvgIpc) is 2.52. The molecule has 0 saturated carbocycles. The summed E-state index contributed by atoms with van der Waals surface area (Å²) >= 11 is 1.39. The lowest BCUT2D eigenvalue weighted by Gasteiger charge is -1.95. The third-order valence-corrected chi connectivity index (χ3v) is 2.48. The Bertz CT molecular complexity index is 425. The maximum absolute atomic E-state index is 9.06. The van der Waals surface area contributed by atoms with Crippen molar-refractivity contribution >= 4 is 11.3 Å². The first-order valence-electron chi connectivity index (χ1n) is 3.83. The lowest BCUT2D eigenvalue weighted by molar-refractivity contribution is 0.458. The molecule has 2 heterocycles. The largest absolute Gasteiger partial charge is 0.493 e. The van der Waals surface area contributed by atoms with E-state index < -0.39 is 0 Å². The van der Waals surface area contributed by atoms with Crippen molar-refractivity contribution in [3.8, 4) is 16.6 Å². The second-order valence-electron chi connectivity index (χ2n) is 2.73. The van der Waals surface area contributed by atoms with E-state index in [9.17, 15) is 0 Å². The van der Waals surface area contributed by atoms with E-state index in [0.717, 1.165) is 16.3 Å². The van der Waals surface area contributed by atoms with E-state index in [1.54, 1.807) is 11.6 Å². The molecule has 1 N–H and O–H groups in total. The molecule has 2 aromatic heterocycles. The zero-order chi connectivity index (χ0) is 9.26. The molecule has 0 aromatic carbocycles. The Kier molecular flexibility index (Phi) is 1.98. The normalized spacial score (nSPS) is 10.2. The van der Waals surface area contributed by atoms with Gasteiger partial charge in [0, 0.05) is 6.20 Å². The molecule has 2 rings (SSSR count). The fourth-order valence-electron chi connectivity index (χ4n) is 1.04. The van der Waals surface area contributed by atoms with Crippen LogP contribution in [-0.2, 0) is 0 Å². The highest BCUT2D eigenvalue weighted by Crippen LogP contribution is 2.24. The zero-order valence-electron chi connectivity index (χ0n) is 7.06. The third-order valence-electron chi connectivity index (χ3n) is 1.63. The number of rotatable bonds is 1. The van der Waals surface area contributed by atoms with Gasteiger partial charge in [-0.15, -0.1) is 11.3 Å². The molecule has 66 valence electrons. The molecule has 0 radical (unpaired) electrons. The van der Waals surface area contributed by atoms with Crippen LogP contribution < -0.4 is 0 Å². The predicted octanol–water partition coefficient (Wildman–Crippen LogP) is 2.22. The summed E-state index contributed by atoms with van der Waals surface area (Å²) in [5, 5.41) is 11.4. The molecule has 0 aliphatic carbocycles. The van der Waals surface area contributed by atoms with E-state index in [4.69, 9.17) is 5.11 Å². The third kappa shape index (κ3) is 1.67. The van der Waals surface area contributed by atoms with Crippen molar-refractivity contribution in [2.75, 3.05) is 0 Å². The van der Waals surface area contributed by atoms with Crippen molar-refractivity contribution in [3.05, 3.63) is 29.3 Å². The monoisotopic (exact) mass is 192 g/mol. The van der Waals surface area contributed by atoms with Gasteiger partial charge in [0.15, 0.2) is 0 Å². The number of hydrogen-bond donors (Lipinski definition) is 1. The van der Waals surface area contributed by atoms with Crippen LogP contribution in [0.15, 0.2) is 23.7 Å². The Hall–Kier alpha value is -1.42. The average molecular weight is 192 g/mol. The van der Waals surface area contributed by atoms with E-state index >= 15 is 0 Å². The second kappa shape index (κ2) is 3.14. The van der Waals surface area contributed by atoms with Crippen LogP contribution in [0.1, 0.15) is 5.56 Å². The molecule has 0 amide bonds. The maximum Gasteiger partial charge on any atom is 0.222 e. The number of aromatic nitrogens is 2. The number of aromatic hydroxyl groups is 1. The minimum absolute atomic E-state index is 0.0586. The van der Waals surface area contributed by atoms with Gasteiger partial charge in [0.05, 0.1) is 11.1 Å². The molecular formula is C9H8N2OS. The molecule has 0 unspecified atom stereocenters. The minimum atomic E-state index is 0.0586. The van der Waals surface area contributed by atoms with Crippen LogP contribution in [0.5, 0.6) is 5.88 Å². The molecule has 0 spiro atoms. The lowest BCUT2D eigenvalue weighted by Crippen LogP contribution is -1.82. The molecule has 0 bridgehead atoms. The molecule has 0 fully saturated rings. The zero-order valence-corrected chi connectivity index (χ0v) is 7.88. The second-order valence-corrected chi connectivity index (χ2v) is 3.59. The van der Waals surface area contributed by atoms with Crippen LogP contribution >= 0.6 is 11.3 Å². The standard InChI is InChI=1S/C9H8N2OS/c1-6-2-3-10-7(4-6)9-11-8(12)5-13-9/h2-5,12H,1H3. The molecule has 2 aromatic rings. The quantitative estimate of drug-likeness (QED) is 0.753. The van der Waals surface area contributed by atoms with Gasteiger partial charge >= 0.3 is 0 Å². The summed E-state index contributed by atoms with van der Waals surface area (Å²) in [6.07, 6.45) is 1.74. The number of pyridine rings is 1. The van der Waals surface area contributed by atoms with Gasteiger partial charge in [-0.25, -0.2) is 4.98 Å². The van der Waals surface area contributed by atoms with E-state index in [2.05, 4.69) is 9.97 Å². The highest BCUT2D eigenvalue weighted by molar-refractivity contribution is 7.13. The lowest BCUT2D eigenvalue weighted by atomic mass is 10.2. The summed E-state index contributed by atoms with van der Waals surface area (Å²) in [6.45, 7) is 2.00. The molecule has 0 atom stereocenters. The highest BCUT2D eigenvalue weighted by atomic mass is 32.1. The van der Waals surface area contributed by atoms with Gasteiger partial charge in [0.1, 0.15) is 5.01 Å². The van der Waals surface area contributed by atoms with Crippen molar-refractivity contribution in [2.24, 2.45) is 0 Å². The molecule has 4 heteroatoms. The predicted molar refractivity (Wildman–Crippen MR) is 51.7 cm³/mol. The molecule has 0 aliphatic rings. The summed E-state index contributed by atoms with van der Waals surface area (Å²) in [5.74, 6) is 0.0586. The van der Waals surface area contributed by atoms with Gasteiger partial charge in [0.2, 0.25) is 5.88 Å². The smallest absolute Gasteiger partial charge is 0.222 e. The van der Waals surface area contributed by atoms with Crippen molar-refractivity contribution in [1.82, 2.24) is 9.97 Å². The molecule has 13 heavy (non-hydrogen) atoms. The van der Waals surface area contributed by atoms with Gasteiger partial charge in [0.25, 0.3) is 0 Å². The first kappa shape index (κ1) is 8.19. The van der Waals surface area contributed by atoms with Gasteiger partial charge in [-0.1, -0.05) is 0 Å². The van der Waals surface area contributed by atoms with Crippen LogP contribution in [0.2, 0.25) is 0 Å². The van der Waals surface area contributed by atoms with Crippen LogP contribution in [0, 0.1) is 6.92 Å². The van der Waals surface area contributed by atoms with Crippen molar-refractivity contribution in [2.45, 2.75) is 6.92 Å². The Morgan fingerprint density at radius 3 is 2.92 bits per heavy atom. The van der Waals surface area contributed by atoms with Gasteiger partial charge in [-0.2, -0.15) is 0 Å². The van der Waals surface area contributed by atoms with Gasteiger partial charge < -0.3 is 5.11 Å². The molecule has 3 nitrogen and oxygen atoms in total. The van der Waals surface area contributed by atoms with E-state index in [1.165, 1.54) is 11.3 Å². The molecule has 0 aliphatic heterocycles. The summed E-state index contributed by atoms with van der Waals surface area (Å²) < 4.78 is 0. The van der Waals surface area contributed by atoms with E-state index in [1.807, 2.05) is 19.1 Å². The van der Waals surface area contributed by atoms with Crippen LogP contribution in [0.25, 0.3) is 10.7 Å². The Balaban J connectivity index is 2.46. The van der Waals surface area contributed by atoms with Crippen LogP contribution in [0.3, 0.4) is 0 Å². The minimum Gasteiger partial charge on any atom is -0.493 e. The van der Waals surface area contributed by atoms with Crippen LogP contribution in [-0.4, -0.2) is 15.1 Å². The molecular weight excluding hydrogens is 184 g/mol. The highest BCUT2D eigenvalue weighted by Gasteiger charge is 2.04. The van der Waals surface area contributed by atoms with E-state index in [0.29, 0.717) is 0 Å². The summed E-state index contributed by atoms with van der Waals surface area (Å²) in [7, 11) is 0.